The molecule has 0 saturated heterocycles. The maximum atomic E-state index is 10.8. The molecule has 0 radical (unpaired) electrons. The van der Waals surface area contributed by atoms with Crippen LogP contribution in [0.2, 0.25) is 0 Å². The molecule has 1 aromatic carbocycles. The lowest BCUT2D eigenvalue weighted by atomic mass is 10.2. The molecule has 25 heavy (non-hydrogen) atoms. The molecule has 0 spiro atoms. The van der Waals surface area contributed by atoms with Gasteiger partial charge in [0.1, 0.15) is 0 Å². The summed E-state index contributed by atoms with van der Waals surface area (Å²) >= 11 is 0. The van der Waals surface area contributed by atoms with Crippen LogP contribution < -0.4 is 0 Å². The summed E-state index contributed by atoms with van der Waals surface area (Å²) in [5.41, 5.74) is -2.23. The normalized spacial score (nSPS) is 11.2. The Morgan fingerprint density at radius 3 is 1.76 bits per heavy atom. The Labute approximate surface area is 134 Å². The number of hydrogen-bond acceptors (Lipinski definition) is 12. The summed E-state index contributed by atoms with van der Waals surface area (Å²) in [5.74, 6) is -3.92. The Balaban J connectivity index is 3.27. The van der Waals surface area contributed by atoms with E-state index in [9.17, 15) is 50.6 Å². The van der Waals surface area contributed by atoms with Crippen molar-refractivity contribution < 1.29 is 24.6 Å². The predicted octanol–water partition coefficient (Wildman–Crippen LogP) is 1.07. The van der Waals surface area contributed by atoms with Gasteiger partial charge in [0.2, 0.25) is 0 Å². The zero-order chi connectivity index (χ0) is 19.4. The maximum Gasteiger partial charge on any atom is 0.721 e. The largest absolute Gasteiger partial charge is 0.721 e. The topological polar surface area (TPSA) is 240 Å². The van der Waals surface area contributed by atoms with Gasteiger partial charge in [-0.1, -0.05) is 0 Å². The highest BCUT2D eigenvalue weighted by atomic mass is 16.7. The van der Waals surface area contributed by atoms with Gasteiger partial charge < -0.3 is 0 Å². The van der Waals surface area contributed by atoms with E-state index < -0.39 is 54.0 Å². The second-order valence-corrected chi connectivity index (χ2v) is 4.13. The molecule has 0 aliphatic rings. The first kappa shape index (κ1) is 18.9. The lowest BCUT2D eigenvalue weighted by molar-refractivity contribution is -0.966. The molecule has 0 atom stereocenters. The molecule has 0 aromatic heterocycles. The van der Waals surface area contributed by atoms with Crippen LogP contribution in [-0.4, -0.2) is 36.9 Å². The van der Waals surface area contributed by atoms with Gasteiger partial charge in [0.05, 0.1) is 15.9 Å². The zero-order valence-electron chi connectivity index (χ0n) is 11.7. The van der Waals surface area contributed by atoms with Crippen molar-refractivity contribution in [2.24, 2.45) is 10.2 Å². The van der Waals surface area contributed by atoms with Crippen LogP contribution in [0.3, 0.4) is 0 Å². The van der Waals surface area contributed by atoms with Crippen LogP contribution in [0.5, 0.6) is 0 Å². The molecular weight excluding hydrogens is 354 g/mol. The molecule has 0 amide bonds. The van der Waals surface area contributed by atoms with Crippen LogP contribution >= 0.6 is 0 Å². The summed E-state index contributed by atoms with van der Waals surface area (Å²) in [6, 6.07) is 2.06. The van der Waals surface area contributed by atoms with Gasteiger partial charge in [-0.15, -0.1) is 5.11 Å². The molecular formula is C8H5N7O10. The van der Waals surface area contributed by atoms with Crippen molar-refractivity contribution in [3.63, 3.8) is 0 Å². The quantitative estimate of drug-likeness (QED) is 0.276. The van der Waals surface area contributed by atoms with Gasteiger partial charge in [-0.25, -0.2) is 0 Å². The van der Waals surface area contributed by atoms with Gasteiger partial charge in [0, 0.05) is 6.07 Å². The predicted molar refractivity (Wildman–Crippen MR) is 72.8 cm³/mol. The van der Waals surface area contributed by atoms with Gasteiger partial charge in [0.25, 0.3) is 12.2 Å². The van der Waals surface area contributed by atoms with E-state index in [4.69, 9.17) is 0 Å². The third-order valence-corrected chi connectivity index (χ3v) is 2.70. The fraction of sp³-hybridized carbons (Fsp3) is 0.250. The summed E-state index contributed by atoms with van der Waals surface area (Å²) in [6.07, 6.45) is 0. The molecule has 17 nitrogen and oxygen atoms in total. The summed E-state index contributed by atoms with van der Waals surface area (Å²) in [7, 11) is 0. The fourth-order valence-corrected chi connectivity index (χ4v) is 1.44. The van der Waals surface area contributed by atoms with Crippen molar-refractivity contribution in [1.82, 2.24) is 0 Å². The van der Waals surface area contributed by atoms with E-state index in [0.717, 1.165) is 12.1 Å². The van der Waals surface area contributed by atoms with Crippen molar-refractivity contribution in [2.75, 3.05) is 6.54 Å². The molecule has 0 aliphatic carbocycles. The van der Waals surface area contributed by atoms with E-state index >= 15 is 0 Å². The molecule has 1 rings (SSSR count). The molecule has 17 heteroatoms. The van der Waals surface area contributed by atoms with Gasteiger partial charge >= 0.3 is 11.5 Å². The highest BCUT2D eigenvalue weighted by molar-refractivity contribution is 5.61. The van der Waals surface area contributed by atoms with Gasteiger partial charge in [0.15, 0.2) is 20.5 Å². The summed E-state index contributed by atoms with van der Waals surface area (Å²) in [6.45, 7) is -1.66. The number of nitro groups is 5. The second-order valence-electron chi connectivity index (χ2n) is 4.13. The first-order valence-corrected chi connectivity index (χ1v) is 5.78. The SMILES string of the molecule is O=[N+]([O-])c1ccc(N=NCC([N+](=O)[O-])([N+](=O)[O-])[N+](=O)[O-])c([N+](=O)[O-])c1. The Bertz CT molecular complexity index is 768. The minimum Gasteiger partial charge on any atom is -0.258 e. The Morgan fingerprint density at radius 1 is 0.840 bits per heavy atom. The van der Waals surface area contributed by atoms with Crippen molar-refractivity contribution in [3.8, 4) is 0 Å². The average Bonchev–Trinajstić information content (AvgIpc) is 2.50. The molecule has 132 valence electrons. The molecule has 0 saturated carbocycles. The number of nitro benzene ring substituents is 2. The van der Waals surface area contributed by atoms with Crippen LogP contribution in [0, 0.1) is 50.6 Å². The Kier molecular flexibility index (Phi) is 5.23. The zero-order valence-corrected chi connectivity index (χ0v) is 11.7. The monoisotopic (exact) mass is 359 g/mol. The third-order valence-electron chi connectivity index (χ3n) is 2.70. The Hall–Kier alpha value is -4.18. The van der Waals surface area contributed by atoms with Crippen LogP contribution in [0.4, 0.5) is 17.1 Å². The van der Waals surface area contributed by atoms with E-state index in [1.807, 2.05) is 0 Å². The Morgan fingerprint density at radius 2 is 1.36 bits per heavy atom. The van der Waals surface area contributed by atoms with E-state index in [1.54, 1.807) is 0 Å². The number of nitrogens with zero attached hydrogens (tertiary/aromatic N) is 7. The molecule has 0 heterocycles. The average molecular weight is 359 g/mol. The standard InChI is InChI=1S/C8H5N7O10/c16-11(17)5-1-2-6(7(3-5)12(18)19)10-9-4-8(13(20)21,14(22)23)15(24)25/h1-3H,4H2. The first-order chi connectivity index (χ1) is 11.5. The van der Waals surface area contributed by atoms with Gasteiger partial charge in [-0.2, -0.15) is 5.11 Å². The van der Waals surface area contributed by atoms with Crippen molar-refractivity contribution in [3.05, 3.63) is 68.8 Å². The second kappa shape index (κ2) is 6.93. The van der Waals surface area contributed by atoms with E-state index in [1.165, 1.54) is 0 Å². The van der Waals surface area contributed by atoms with Crippen LogP contribution in [0.25, 0.3) is 0 Å². The number of benzene rings is 1. The van der Waals surface area contributed by atoms with Gasteiger partial charge in [-0.05, 0) is 6.07 Å². The lowest BCUT2D eigenvalue weighted by Crippen LogP contribution is -2.55. The van der Waals surface area contributed by atoms with Crippen LogP contribution in [0.15, 0.2) is 28.4 Å². The van der Waals surface area contributed by atoms with Crippen molar-refractivity contribution in [2.45, 2.75) is 5.79 Å². The van der Waals surface area contributed by atoms with Gasteiger partial charge in [-0.3, -0.25) is 50.6 Å². The van der Waals surface area contributed by atoms with E-state index in [-0.39, 0.29) is 0 Å². The molecule has 0 fully saturated rings. The fourth-order valence-electron chi connectivity index (χ4n) is 1.44. The first-order valence-electron chi connectivity index (χ1n) is 5.78. The summed E-state index contributed by atoms with van der Waals surface area (Å²) in [4.78, 5) is 46.0. The van der Waals surface area contributed by atoms with Crippen molar-refractivity contribution in [1.29, 1.82) is 0 Å². The highest BCUT2D eigenvalue weighted by Crippen LogP contribution is 2.31. The molecule has 0 bridgehead atoms. The summed E-state index contributed by atoms with van der Waals surface area (Å²) < 4.78 is 0. The maximum absolute atomic E-state index is 10.8. The van der Waals surface area contributed by atoms with Crippen LogP contribution in [-0.2, 0) is 0 Å². The van der Waals surface area contributed by atoms with E-state index in [2.05, 4.69) is 10.2 Å². The van der Waals surface area contributed by atoms with E-state index in [0.29, 0.717) is 6.07 Å². The van der Waals surface area contributed by atoms with Crippen LogP contribution in [0.1, 0.15) is 0 Å². The minimum absolute atomic E-state index is 0.510. The number of azo groups is 1. The van der Waals surface area contributed by atoms with Crippen molar-refractivity contribution >= 4 is 17.1 Å². The molecule has 1 aromatic rings. The molecule has 0 aliphatic heterocycles. The molecule has 0 unspecified atom stereocenters. The highest BCUT2D eigenvalue weighted by Gasteiger charge is 2.70. The molecule has 0 N–H and O–H groups in total. The number of non-ortho nitro benzene ring substituents is 1. The minimum atomic E-state index is -3.92. The lowest BCUT2D eigenvalue weighted by Gasteiger charge is -2.05. The number of rotatable bonds is 8. The number of hydrogen-bond donors (Lipinski definition) is 0. The smallest absolute Gasteiger partial charge is 0.258 e. The summed E-state index contributed by atoms with van der Waals surface area (Å²) in [5, 5.41) is 59.5. The third kappa shape index (κ3) is 3.60.